The summed E-state index contributed by atoms with van der Waals surface area (Å²) in [6.07, 6.45) is 0. The molecule has 0 radical (unpaired) electrons. The van der Waals surface area contributed by atoms with Crippen LogP contribution >= 0.6 is 0 Å². The van der Waals surface area contributed by atoms with Crippen LogP contribution in [0, 0.1) is 6.92 Å². The number of rotatable bonds is 5. The van der Waals surface area contributed by atoms with Gasteiger partial charge in [0.1, 0.15) is 5.75 Å². The van der Waals surface area contributed by atoms with Gasteiger partial charge in [-0.2, -0.15) is 0 Å². The first-order valence-corrected chi connectivity index (χ1v) is 9.32. The molecule has 2 aromatic rings. The molecule has 1 unspecified atom stereocenters. The van der Waals surface area contributed by atoms with Gasteiger partial charge in [0, 0.05) is 19.6 Å². The molecule has 1 aliphatic heterocycles. The van der Waals surface area contributed by atoms with E-state index in [0.717, 1.165) is 23.4 Å². The van der Waals surface area contributed by atoms with Gasteiger partial charge in [-0.3, -0.25) is 9.69 Å². The van der Waals surface area contributed by atoms with E-state index in [9.17, 15) is 9.59 Å². The maximum absolute atomic E-state index is 13.1. The van der Waals surface area contributed by atoms with E-state index in [2.05, 4.69) is 4.90 Å². The lowest BCUT2D eigenvalue weighted by molar-refractivity contribution is -0.125. The van der Waals surface area contributed by atoms with Gasteiger partial charge >= 0.3 is 5.97 Å². The van der Waals surface area contributed by atoms with Gasteiger partial charge in [-0.25, -0.2) is 4.79 Å². The van der Waals surface area contributed by atoms with Crippen LogP contribution in [-0.2, 0) is 16.1 Å². The topological polar surface area (TPSA) is 59.1 Å². The van der Waals surface area contributed by atoms with Crippen LogP contribution in [0.25, 0.3) is 0 Å². The zero-order valence-corrected chi connectivity index (χ0v) is 16.8. The Morgan fingerprint density at radius 3 is 2.46 bits per heavy atom. The number of carbonyl (C=O) groups excluding carboxylic acids is 2. The van der Waals surface area contributed by atoms with E-state index in [1.165, 1.54) is 7.11 Å². The fourth-order valence-electron chi connectivity index (χ4n) is 3.48. The Balaban J connectivity index is 1.73. The highest BCUT2D eigenvalue weighted by Crippen LogP contribution is 2.31. The summed E-state index contributed by atoms with van der Waals surface area (Å²) in [6.45, 7) is 5.93. The molecule has 28 heavy (non-hydrogen) atoms. The number of esters is 1. The summed E-state index contributed by atoms with van der Waals surface area (Å²) in [5.41, 5.74) is 3.48. The molecule has 1 saturated heterocycles. The van der Waals surface area contributed by atoms with Gasteiger partial charge < -0.3 is 14.4 Å². The maximum Gasteiger partial charge on any atom is 0.337 e. The molecular formula is C22H26N2O4. The number of methoxy groups -OCH3 is 2. The van der Waals surface area contributed by atoms with Crippen molar-refractivity contribution in [3.8, 4) is 5.75 Å². The normalized spacial score (nSPS) is 17.5. The van der Waals surface area contributed by atoms with Crippen LogP contribution in [0.4, 0.5) is 5.69 Å². The van der Waals surface area contributed by atoms with Gasteiger partial charge in [-0.1, -0.05) is 18.2 Å². The fraction of sp³-hybridized carbons (Fsp3) is 0.364. The number of piperazine rings is 1. The van der Waals surface area contributed by atoms with Crippen molar-refractivity contribution in [1.82, 2.24) is 4.90 Å². The van der Waals surface area contributed by atoms with Crippen LogP contribution < -0.4 is 9.64 Å². The lowest BCUT2D eigenvalue weighted by Crippen LogP contribution is -2.55. The third kappa shape index (κ3) is 4.02. The van der Waals surface area contributed by atoms with E-state index in [1.807, 2.05) is 49.1 Å². The third-order valence-electron chi connectivity index (χ3n) is 5.17. The summed E-state index contributed by atoms with van der Waals surface area (Å²) in [4.78, 5) is 28.6. The molecule has 148 valence electrons. The number of hydrogen-bond donors (Lipinski definition) is 0. The Labute approximate surface area is 165 Å². The summed E-state index contributed by atoms with van der Waals surface area (Å²) in [5, 5.41) is 0. The van der Waals surface area contributed by atoms with Crippen LogP contribution in [0.3, 0.4) is 0 Å². The van der Waals surface area contributed by atoms with Crippen molar-refractivity contribution in [2.75, 3.05) is 32.2 Å². The van der Waals surface area contributed by atoms with E-state index in [0.29, 0.717) is 24.4 Å². The largest absolute Gasteiger partial charge is 0.495 e. The zero-order valence-electron chi connectivity index (χ0n) is 16.8. The minimum absolute atomic E-state index is 0.0568. The quantitative estimate of drug-likeness (QED) is 0.744. The first kappa shape index (κ1) is 19.9. The summed E-state index contributed by atoms with van der Waals surface area (Å²) in [7, 11) is 2.99. The number of carbonyl (C=O) groups is 2. The number of anilines is 1. The minimum atomic E-state index is -0.351. The van der Waals surface area contributed by atoms with E-state index in [1.54, 1.807) is 19.2 Å². The SMILES string of the molecule is COC(=O)c1ccc(CN2CCN(c3cc(C)ccc3OC)C(=O)C2C)cc1. The molecule has 0 spiro atoms. The number of amides is 1. The minimum Gasteiger partial charge on any atom is -0.495 e. The molecule has 0 aromatic heterocycles. The molecule has 6 nitrogen and oxygen atoms in total. The molecule has 1 aliphatic rings. The van der Waals surface area contributed by atoms with E-state index < -0.39 is 0 Å². The van der Waals surface area contributed by atoms with Crippen molar-refractivity contribution in [1.29, 1.82) is 0 Å². The zero-order chi connectivity index (χ0) is 20.3. The summed E-state index contributed by atoms with van der Waals surface area (Å²) >= 11 is 0. The number of ether oxygens (including phenoxy) is 2. The maximum atomic E-state index is 13.1. The summed E-state index contributed by atoms with van der Waals surface area (Å²) in [6, 6.07) is 12.9. The first-order chi connectivity index (χ1) is 13.4. The van der Waals surface area contributed by atoms with Gasteiger partial charge in [0.2, 0.25) is 5.91 Å². The second-order valence-electron chi connectivity index (χ2n) is 7.00. The highest BCUT2D eigenvalue weighted by atomic mass is 16.5. The highest BCUT2D eigenvalue weighted by molar-refractivity contribution is 5.99. The molecule has 2 aromatic carbocycles. The van der Waals surface area contributed by atoms with Crippen molar-refractivity contribution in [3.05, 3.63) is 59.2 Å². The number of aryl methyl sites for hydroxylation is 1. The monoisotopic (exact) mass is 382 g/mol. The molecule has 1 heterocycles. The van der Waals surface area contributed by atoms with Crippen LogP contribution in [0.1, 0.15) is 28.4 Å². The Morgan fingerprint density at radius 2 is 1.82 bits per heavy atom. The molecule has 3 rings (SSSR count). The van der Waals surface area contributed by atoms with Crippen molar-refractivity contribution >= 4 is 17.6 Å². The van der Waals surface area contributed by atoms with Crippen molar-refractivity contribution in [3.63, 3.8) is 0 Å². The predicted octanol–water partition coefficient (Wildman–Crippen LogP) is 3.03. The molecule has 1 fully saturated rings. The molecule has 0 aliphatic carbocycles. The third-order valence-corrected chi connectivity index (χ3v) is 5.17. The van der Waals surface area contributed by atoms with Crippen LogP contribution in [0.5, 0.6) is 5.75 Å². The van der Waals surface area contributed by atoms with Gasteiger partial charge in [0.05, 0.1) is 31.5 Å². The lowest BCUT2D eigenvalue weighted by atomic mass is 10.1. The number of benzene rings is 2. The van der Waals surface area contributed by atoms with E-state index in [4.69, 9.17) is 9.47 Å². The predicted molar refractivity (Wildman–Crippen MR) is 108 cm³/mol. The summed E-state index contributed by atoms with van der Waals surface area (Å²) in [5.74, 6) is 0.412. The van der Waals surface area contributed by atoms with E-state index >= 15 is 0 Å². The average Bonchev–Trinajstić information content (AvgIpc) is 2.71. The summed E-state index contributed by atoms with van der Waals surface area (Å²) < 4.78 is 10.2. The second-order valence-corrected chi connectivity index (χ2v) is 7.00. The molecule has 6 heteroatoms. The van der Waals surface area contributed by atoms with Crippen LogP contribution in [0.15, 0.2) is 42.5 Å². The molecule has 1 atom stereocenters. The fourth-order valence-corrected chi connectivity index (χ4v) is 3.48. The second kappa shape index (κ2) is 8.44. The van der Waals surface area contributed by atoms with Gasteiger partial charge in [-0.05, 0) is 49.2 Å². The molecule has 1 amide bonds. The molecule has 0 N–H and O–H groups in total. The Hall–Kier alpha value is -2.86. The van der Waals surface area contributed by atoms with Crippen LogP contribution in [-0.4, -0.2) is 50.1 Å². The smallest absolute Gasteiger partial charge is 0.337 e. The molecular weight excluding hydrogens is 356 g/mol. The highest BCUT2D eigenvalue weighted by Gasteiger charge is 2.33. The van der Waals surface area contributed by atoms with E-state index in [-0.39, 0.29) is 17.9 Å². The van der Waals surface area contributed by atoms with Crippen molar-refractivity contribution < 1.29 is 19.1 Å². The Kier molecular flexibility index (Phi) is 5.99. The van der Waals surface area contributed by atoms with Crippen molar-refractivity contribution in [2.45, 2.75) is 26.4 Å². The van der Waals surface area contributed by atoms with Gasteiger partial charge in [0.25, 0.3) is 0 Å². The number of hydrogen-bond acceptors (Lipinski definition) is 5. The Morgan fingerprint density at radius 1 is 1.11 bits per heavy atom. The Bertz CT molecular complexity index is 863. The number of nitrogens with zero attached hydrogens (tertiary/aromatic N) is 2. The van der Waals surface area contributed by atoms with Gasteiger partial charge in [0.15, 0.2) is 0 Å². The molecule has 0 saturated carbocycles. The first-order valence-electron chi connectivity index (χ1n) is 9.32. The van der Waals surface area contributed by atoms with Crippen molar-refractivity contribution in [2.24, 2.45) is 0 Å². The standard InChI is InChI=1S/C22H26N2O4/c1-15-5-10-20(27-3)19(13-15)24-12-11-23(16(2)21(24)25)14-17-6-8-18(9-7-17)22(26)28-4/h5-10,13,16H,11-12,14H2,1-4H3. The lowest BCUT2D eigenvalue weighted by Gasteiger charge is -2.39. The van der Waals surface area contributed by atoms with Crippen LogP contribution in [0.2, 0.25) is 0 Å². The molecule has 0 bridgehead atoms. The van der Waals surface area contributed by atoms with Gasteiger partial charge in [-0.15, -0.1) is 0 Å². The average molecular weight is 382 g/mol.